The first-order chi connectivity index (χ1) is 18.2. The normalized spacial score (nSPS) is 14.0. The largest absolute Gasteiger partial charge is 0.492 e. The van der Waals surface area contributed by atoms with E-state index in [1.807, 2.05) is 5.32 Å². The molecule has 1 rings (SSSR count). The van der Waals surface area contributed by atoms with E-state index in [4.69, 9.17) is 14.6 Å². The first kappa shape index (κ1) is 35.0. The molecule has 0 bridgehead atoms. The summed E-state index contributed by atoms with van der Waals surface area (Å²) in [5.41, 5.74) is 0.468. The van der Waals surface area contributed by atoms with Crippen molar-refractivity contribution in [1.29, 1.82) is 0 Å². The van der Waals surface area contributed by atoms with E-state index < -0.39 is 67.7 Å². The summed E-state index contributed by atoms with van der Waals surface area (Å²) in [4.78, 5) is 23.0. The Morgan fingerprint density at radius 1 is 0.900 bits per heavy atom. The summed E-state index contributed by atoms with van der Waals surface area (Å²) in [5, 5.41) is 11.0. The third-order valence-electron chi connectivity index (χ3n) is 5.23. The molecule has 0 spiro atoms. The van der Waals surface area contributed by atoms with Gasteiger partial charge >= 0.3 is 41.9 Å². The molecule has 0 saturated heterocycles. The zero-order chi connectivity index (χ0) is 31.2. The molecule has 40 heavy (non-hydrogen) atoms. The van der Waals surface area contributed by atoms with E-state index in [-0.39, 0.29) is 30.2 Å². The minimum atomic E-state index is -7.59. The van der Waals surface area contributed by atoms with Gasteiger partial charge in [-0.25, -0.2) is 9.59 Å². The first-order valence-electron chi connectivity index (χ1n) is 11.3. The molecule has 0 aromatic heterocycles. The van der Waals surface area contributed by atoms with Crippen LogP contribution in [0.15, 0.2) is 24.3 Å². The molecule has 2 N–H and O–H groups in total. The second kappa shape index (κ2) is 13.1. The second-order valence-electron chi connectivity index (χ2n) is 8.16. The predicted molar refractivity (Wildman–Crippen MR) is 115 cm³/mol. The fraction of sp³-hybridized carbons (Fsp3) is 0.636. The maximum atomic E-state index is 14.2. The molecule has 1 unspecified atom stereocenters. The summed E-state index contributed by atoms with van der Waals surface area (Å²) in [7, 11) is 0. The van der Waals surface area contributed by atoms with Crippen LogP contribution in [0.4, 0.5) is 53.1 Å². The molecule has 0 aliphatic carbocycles. The van der Waals surface area contributed by atoms with Crippen LogP contribution in [-0.2, 0) is 16.0 Å². The van der Waals surface area contributed by atoms with Crippen LogP contribution in [0.25, 0.3) is 0 Å². The lowest BCUT2D eigenvalue weighted by Gasteiger charge is -2.38. The Bertz CT molecular complexity index is 988. The topological polar surface area (TPSA) is 88.1 Å². The Hall–Kier alpha value is -3.05. The predicted octanol–water partition coefficient (Wildman–Crippen LogP) is 5.23. The Morgan fingerprint density at radius 3 is 1.90 bits per heavy atom. The molecule has 0 aliphatic heterocycles. The second-order valence-corrected chi connectivity index (χ2v) is 8.16. The molecule has 0 radical (unpaired) electrons. The van der Waals surface area contributed by atoms with Gasteiger partial charge in [-0.1, -0.05) is 12.1 Å². The first-order valence-corrected chi connectivity index (χ1v) is 11.3. The van der Waals surface area contributed by atoms with Crippen molar-refractivity contribution in [3.8, 4) is 5.75 Å². The average Bonchev–Trinajstić information content (AvgIpc) is 2.83. The third kappa shape index (κ3) is 7.78. The van der Waals surface area contributed by atoms with Gasteiger partial charge in [-0.2, -0.15) is 48.3 Å². The van der Waals surface area contributed by atoms with Gasteiger partial charge in [0.1, 0.15) is 12.4 Å². The molecule has 1 aromatic carbocycles. The molecule has 2 amide bonds. The van der Waals surface area contributed by atoms with Crippen molar-refractivity contribution in [2.75, 3.05) is 32.8 Å². The van der Waals surface area contributed by atoms with Gasteiger partial charge in [0.15, 0.2) is 6.10 Å². The number of carbonyl (C=O) groups excluding carboxylic acids is 1. The average molecular weight is 606 g/mol. The van der Waals surface area contributed by atoms with E-state index in [1.165, 1.54) is 31.2 Å². The van der Waals surface area contributed by atoms with Gasteiger partial charge in [-0.15, -0.1) is 0 Å². The standard InChI is InChI=1S/C22H25F11N2O5/c1-3-34-17(38)35(12-18(23,24)19(25,26)20(27,28)21(29,30)22(31,32)33)9-10-40-14-7-5-13(6-8-14)11-15(16(36)37)39-4-2/h5-8,15H,3-4,9-12H2,1-2H3,(H,34,38)(H,36,37). The lowest BCUT2D eigenvalue weighted by atomic mass is 9.97. The summed E-state index contributed by atoms with van der Waals surface area (Å²) >= 11 is 0. The number of nitrogens with one attached hydrogen (secondary N) is 1. The molecule has 1 aromatic rings. The van der Waals surface area contributed by atoms with E-state index in [0.717, 1.165) is 0 Å². The van der Waals surface area contributed by atoms with E-state index in [2.05, 4.69) is 0 Å². The highest BCUT2D eigenvalue weighted by molar-refractivity contribution is 5.74. The van der Waals surface area contributed by atoms with Gasteiger partial charge in [-0.05, 0) is 31.5 Å². The number of urea groups is 1. The van der Waals surface area contributed by atoms with E-state index in [9.17, 15) is 57.9 Å². The number of ether oxygens (including phenoxy) is 2. The molecule has 0 fully saturated rings. The summed E-state index contributed by atoms with van der Waals surface area (Å²) in [5.74, 6) is -29.9. The van der Waals surface area contributed by atoms with Gasteiger partial charge < -0.3 is 24.8 Å². The van der Waals surface area contributed by atoms with E-state index in [1.54, 1.807) is 6.92 Å². The molecule has 18 heteroatoms. The van der Waals surface area contributed by atoms with Crippen molar-refractivity contribution in [3.05, 3.63) is 29.8 Å². The summed E-state index contributed by atoms with van der Waals surface area (Å²) in [6.45, 7) is -1.78. The van der Waals surface area contributed by atoms with Crippen LogP contribution < -0.4 is 10.1 Å². The van der Waals surface area contributed by atoms with Gasteiger partial charge in [0.25, 0.3) is 0 Å². The number of halogens is 11. The highest BCUT2D eigenvalue weighted by atomic mass is 19.4. The number of carboxylic acids is 1. The summed E-state index contributed by atoms with van der Waals surface area (Å²) < 4.78 is 157. The molecule has 1 atom stereocenters. The molecular weight excluding hydrogens is 581 g/mol. The Labute approximate surface area is 220 Å². The van der Waals surface area contributed by atoms with Crippen LogP contribution in [0.1, 0.15) is 19.4 Å². The lowest BCUT2D eigenvalue weighted by Crippen LogP contribution is -2.68. The highest BCUT2D eigenvalue weighted by Gasteiger charge is 2.87. The molecule has 0 aliphatic rings. The molecule has 0 saturated carbocycles. The lowest BCUT2D eigenvalue weighted by molar-refractivity contribution is -0.422. The van der Waals surface area contributed by atoms with Gasteiger partial charge in [0.05, 0.1) is 13.1 Å². The van der Waals surface area contributed by atoms with E-state index >= 15 is 0 Å². The minimum absolute atomic E-state index is 0.00340. The van der Waals surface area contributed by atoms with Crippen molar-refractivity contribution >= 4 is 12.0 Å². The quantitative estimate of drug-likeness (QED) is 0.267. The van der Waals surface area contributed by atoms with Gasteiger partial charge in [-0.3, -0.25) is 0 Å². The number of hydrogen-bond donors (Lipinski definition) is 2. The molecule has 230 valence electrons. The van der Waals surface area contributed by atoms with Crippen LogP contribution in [0.3, 0.4) is 0 Å². The van der Waals surface area contributed by atoms with Crippen molar-refractivity contribution in [1.82, 2.24) is 10.2 Å². The smallest absolute Gasteiger partial charge is 0.460 e. The Morgan fingerprint density at radius 2 is 1.45 bits per heavy atom. The monoisotopic (exact) mass is 606 g/mol. The number of hydrogen-bond acceptors (Lipinski definition) is 4. The molecular formula is C22H25F11N2O5. The maximum absolute atomic E-state index is 14.2. The zero-order valence-electron chi connectivity index (χ0n) is 20.8. The van der Waals surface area contributed by atoms with Crippen molar-refractivity contribution in [2.45, 2.75) is 56.2 Å². The zero-order valence-corrected chi connectivity index (χ0v) is 20.8. The highest BCUT2D eigenvalue weighted by Crippen LogP contribution is 2.57. The van der Waals surface area contributed by atoms with Crippen LogP contribution in [-0.4, -0.2) is 90.8 Å². The maximum Gasteiger partial charge on any atom is 0.460 e. The van der Waals surface area contributed by atoms with Crippen LogP contribution in [0.5, 0.6) is 5.75 Å². The molecule has 7 nitrogen and oxygen atoms in total. The number of benzene rings is 1. The summed E-state index contributed by atoms with van der Waals surface area (Å²) in [6, 6.07) is 3.78. The number of rotatable bonds is 15. The Kier molecular flexibility index (Phi) is 11.4. The fourth-order valence-corrected chi connectivity index (χ4v) is 3.09. The number of carbonyl (C=O) groups is 2. The number of nitrogens with zero attached hydrogens (tertiary/aromatic N) is 1. The SMILES string of the molecule is CCNC(=O)N(CCOc1ccc(CC(OCC)C(=O)O)cc1)CC(F)(F)C(F)(F)C(F)(F)C(F)(F)C(F)(F)F. The van der Waals surface area contributed by atoms with Crippen molar-refractivity contribution in [3.63, 3.8) is 0 Å². The van der Waals surface area contributed by atoms with E-state index in [0.29, 0.717) is 5.56 Å². The Balaban J connectivity index is 3.03. The fourth-order valence-electron chi connectivity index (χ4n) is 3.09. The van der Waals surface area contributed by atoms with Gasteiger partial charge in [0.2, 0.25) is 0 Å². The number of aliphatic carboxylic acids is 1. The van der Waals surface area contributed by atoms with Crippen molar-refractivity contribution < 1.29 is 72.5 Å². The van der Waals surface area contributed by atoms with Crippen LogP contribution in [0, 0.1) is 0 Å². The number of carboxylic acid groups (broad SMARTS) is 1. The third-order valence-corrected chi connectivity index (χ3v) is 5.23. The number of alkyl halides is 11. The summed E-state index contributed by atoms with van der Waals surface area (Å²) in [6.07, 6.45) is -8.50. The van der Waals surface area contributed by atoms with Crippen LogP contribution in [0.2, 0.25) is 0 Å². The number of amides is 2. The van der Waals surface area contributed by atoms with Crippen molar-refractivity contribution in [2.24, 2.45) is 0 Å². The molecule has 0 heterocycles. The van der Waals surface area contributed by atoms with Gasteiger partial charge in [0, 0.05) is 19.6 Å². The van der Waals surface area contributed by atoms with Crippen LogP contribution >= 0.6 is 0 Å². The minimum Gasteiger partial charge on any atom is -0.492 e.